The van der Waals surface area contributed by atoms with Crippen molar-refractivity contribution in [2.45, 2.75) is 49.5 Å². The third-order valence-electron chi connectivity index (χ3n) is 4.80. The molecule has 0 spiro atoms. The minimum Gasteiger partial charge on any atom is -0.384 e. The summed E-state index contributed by atoms with van der Waals surface area (Å²) in [5.74, 6) is 0. The van der Waals surface area contributed by atoms with Crippen molar-refractivity contribution in [2.75, 3.05) is 13.7 Å². The van der Waals surface area contributed by atoms with E-state index in [0.29, 0.717) is 0 Å². The number of methoxy groups -OCH3 is 1. The van der Waals surface area contributed by atoms with Crippen LogP contribution in [0.5, 0.6) is 0 Å². The van der Waals surface area contributed by atoms with Crippen LogP contribution in [-0.4, -0.2) is 13.7 Å². The molecule has 2 aliphatic carbocycles. The molecule has 2 saturated carbocycles. The summed E-state index contributed by atoms with van der Waals surface area (Å²) >= 11 is 0. The monoisotopic (exact) mass is 245 g/mol. The third-order valence-corrected chi connectivity index (χ3v) is 4.80. The summed E-state index contributed by atoms with van der Waals surface area (Å²) in [5.41, 5.74) is 9.68. The van der Waals surface area contributed by atoms with E-state index >= 15 is 0 Å². The fourth-order valence-corrected chi connectivity index (χ4v) is 3.57. The van der Waals surface area contributed by atoms with E-state index in [1.165, 1.54) is 36.8 Å². The van der Waals surface area contributed by atoms with Gasteiger partial charge < -0.3 is 10.5 Å². The van der Waals surface area contributed by atoms with Crippen LogP contribution in [-0.2, 0) is 15.7 Å². The number of benzene rings is 1. The molecule has 98 valence electrons. The third kappa shape index (κ3) is 1.88. The Hall–Kier alpha value is -0.860. The van der Waals surface area contributed by atoms with Crippen molar-refractivity contribution in [2.24, 2.45) is 5.73 Å². The topological polar surface area (TPSA) is 35.2 Å². The van der Waals surface area contributed by atoms with Gasteiger partial charge in [-0.15, -0.1) is 0 Å². The highest BCUT2D eigenvalue weighted by Crippen LogP contribution is 2.52. The zero-order valence-electron chi connectivity index (χ0n) is 11.2. The van der Waals surface area contributed by atoms with Crippen molar-refractivity contribution < 1.29 is 4.74 Å². The molecule has 3 rings (SSSR count). The Labute approximate surface area is 110 Å². The summed E-state index contributed by atoms with van der Waals surface area (Å²) < 4.78 is 5.43. The van der Waals surface area contributed by atoms with Crippen LogP contribution in [0, 0.1) is 0 Å². The molecule has 0 unspecified atom stereocenters. The van der Waals surface area contributed by atoms with E-state index in [1.807, 2.05) is 0 Å². The molecule has 2 aliphatic rings. The number of hydrogen-bond donors (Lipinski definition) is 1. The molecule has 2 fully saturated rings. The fourth-order valence-electron chi connectivity index (χ4n) is 3.57. The van der Waals surface area contributed by atoms with E-state index in [2.05, 4.69) is 24.3 Å². The van der Waals surface area contributed by atoms with Gasteiger partial charge in [0.05, 0.1) is 6.61 Å². The lowest BCUT2D eigenvalue weighted by Crippen LogP contribution is -2.36. The Kier molecular flexibility index (Phi) is 2.95. The van der Waals surface area contributed by atoms with Crippen LogP contribution in [0.3, 0.4) is 0 Å². The highest BCUT2D eigenvalue weighted by molar-refractivity contribution is 5.43. The average Bonchev–Trinajstić information content (AvgIpc) is 3.04. The largest absolute Gasteiger partial charge is 0.384 e. The number of rotatable bonds is 4. The molecular formula is C16H23NO. The van der Waals surface area contributed by atoms with Gasteiger partial charge >= 0.3 is 0 Å². The van der Waals surface area contributed by atoms with E-state index in [9.17, 15) is 0 Å². The first-order valence-corrected chi connectivity index (χ1v) is 7.08. The molecule has 2 nitrogen and oxygen atoms in total. The van der Waals surface area contributed by atoms with Gasteiger partial charge in [-0.2, -0.15) is 0 Å². The molecule has 0 bridgehead atoms. The SMILES string of the molecule is COCC1(c2ccccc2C2(N)CCCC2)CC1. The molecule has 1 aromatic rings. The van der Waals surface area contributed by atoms with Gasteiger partial charge in [0.15, 0.2) is 0 Å². The molecule has 0 radical (unpaired) electrons. The average molecular weight is 245 g/mol. The maximum atomic E-state index is 6.66. The smallest absolute Gasteiger partial charge is 0.0559 e. The lowest BCUT2D eigenvalue weighted by atomic mass is 9.80. The van der Waals surface area contributed by atoms with Crippen molar-refractivity contribution >= 4 is 0 Å². The number of ether oxygens (including phenoxy) is 1. The Morgan fingerprint density at radius 2 is 1.67 bits per heavy atom. The first-order valence-electron chi connectivity index (χ1n) is 7.08. The van der Waals surface area contributed by atoms with Crippen molar-refractivity contribution in [3.05, 3.63) is 35.4 Å². The van der Waals surface area contributed by atoms with Gasteiger partial charge in [-0.3, -0.25) is 0 Å². The van der Waals surface area contributed by atoms with Crippen molar-refractivity contribution in [3.63, 3.8) is 0 Å². The standard InChI is InChI=1S/C16H23NO/c1-18-12-15(10-11-15)13-6-2-3-7-14(13)16(17)8-4-5-9-16/h2-3,6-7H,4-5,8-12,17H2,1H3. The predicted octanol–water partition coefficient (Wildman–Crippen LogP) is 3.09. The summed E-state index contributed by atoms with van der Waals surface area (Å²) in [6.45, 7) is 0.833. The van der Waals surface area contributed by atoms with E-state index in [1.54, 1.807) is 7.11 Å². The van der Waals surface area contributed by atoms with Crippen molar-refractivity contribution in [1.82, 2.24) is 0 Å². The van der Waals surface area contributed by atoms with Crippen molar-refractivity contribution in [3.8, 4) is 0 Å². The number of nitrogens with two attached hydrogens (primary N) is 1. The Morgan fingerprint density at radius 1 is 1.06 bits per heavy atom. The molecule has 2 N–H and O–H groups in total. The number of hydrogen-bond acceptors (Lipinski definition) is 2. The molecule has 0 aromatic heterocycles. The molecule has 18 heavy (non-hydrogen) atoms. The van der Waals surface area contributed by atoms with Gasteiger partial charge in [0.1, 0.15) is 0 Å². The summed E-state index contributed by atoms with van der Waals surface area (Å²) in [6.07, 6.45) is 7.28. The van der Waals surface area contributed by atoms with Crippen LogP contribution in [0.4, 0.5) is 0 Å². The zero-order valence-corrected chi connectivity index (χ0v) is 11.2. The normalized spacial score (nSPS) is 24.1. The highest BCUT2D eigenvalue weighted by Gasteiger charge is 2.47. The zero-order chi connectivity index (χ0) is 12.6. The quantitative estimate of drug-likeness (QED) is 0.884. The Morgan fingerprint density at radius 3 is 2.22 bits per heavy atom. The molecule has 0 aliphatic heterocycles. The molecule has 0 saturated heterocycles. The Balaban J connectivity index is 2.00. The first kappa shape index (κ1) is 12.2. The second-order valence-electron chi connectivity index (χ2n) is 6.12. The molecule has 0 atom stereocenters. The van der Waals surface area contributed by atoms with Crippen LogP contribution < -0.4 is 5.73 Å². The van der Waals surface area contributed by atoms with Crippen LogP contribution in [0.15, 0.2) is 24.3 Å². The van der Waals surface area contributed by atoms with Gasteiger partial charge in [0.25, 0.3) is 0 Å². The van der Waals surface area contributed by atoms with Crippen LogP contribution in [0.2, 0.25) is 0 Å². The predicted molar refractivity (Wildman–Crippen MR) is 73.6 cm³/mol. The van der Waals surface area contributed by atoms with E-state index < -0.39 is 0 Å². The summed E-state index contributed by atoms with van der Waals surface area (Å²) in [7, 11) is 1.80. The van der Waals surface area contributed by atoms with E-state index in [4.69, 9.17) is 10.5 Å². The highest BCUT2D eigenvalue weighted by atomic mass is 16.5. The van der Waals surface area contributed by atoms with Crippen LogP contribution >= 0.6 is 0 Å². The Bertz CT molecular complexity index is 430. The lowest BCUT2D eigenvalue weighted by molar-refractivity contribution is 0.170. The summed E-state index contributed by atoms with van der Waals surface area (Å²) in [5, 5.41) is 0. The maximum absolute atomic E-state index is 6.66. The van der Waals surface area contributed by atoms with Gasteiger partial charge in [-0.25, -0.2) is 0 Å². The lowest BCUT2D eigenvalue weighted by Gasteiger charge is -2.30. The van der Waals surface area contributed by atoms with Gasteiger partial charge in [-0.05, 0) is 36.8 Å². The first-order chi connectivity index (χ1) is 8.70. The van der Waals surface area contributed by atoms with Gasteiger partial charge in [-0.1, -0.05) is 37.1 Å². The van der Waals surface area contributed by atoms with Crippen LogP contribution in [0.1, 0.15) is 49.7 Å². The van der Waals surface area contributed by atoms with Gasteiger partial charge in [0.2, 0.25) is 0 Å². The van der Waals surface area contributed by atoms with E-state index in [0.717, 1.165) is 19.4 Å². The summed E-state index contributed by atoms with van der Waals surface area (Å²) in [4.78, 5) is 0. The molecule has 0 amide bonds. The molecule has 2 heteroatoms. The minimum atomic E-state index is -0.0834. The second kappa shape index (κ2) is 4.36. The molecule has 1 aromatic carbocycles. The second-order valence-corrected chi connectivity index (χ2v) is 6.12. The fraction of sp³-hybridized carbons (Fsp3) is 0.625. The van der Waals surface area contributed by atoms with E-state index in [-0.39, 0.29) is 11.0 Å². The minimum absolute atomic E-state index is 0.0834. The van der Waals surface area contributed by atoms with Gasteiger partial charge in [0, 0.05) is 18.1 Å². The maximum Gasteiger partial charge on any atom is 0.0559 e. The molecular weight excluding hydrogens is 222 g/mol. The summed E-state index contributed by atoms with van der Waals surface area (Å²) in [6, 6.07) is 8.80. The van der Waals surface area contributed by atoms with Crippen LogP contribution in [0.25, 0.3) is 0 Å². The van der Waals surface area contributed by atoms with Crippen molar-refractivity contribution in [1.29, 1.82) is 0 Å². The molecule has 0 heterocycles.